The fraction of sp³-hybridized carbons (Fsp3) is 0.200. The minimum Gasteiger partial charge on any atom is -0.454 e. The van der Waals surface area contributed by atoms with Crippen molar-refractivity contribution in [1.29, 1.82) is 0 Å². The topological polar surface area (TPSA) is 60.5 Å². The van der Waals surface area contributed by atoms with Gasteiger partial charge in [0.2, 0.25) is 12.7 Å². The van der Waals surface area contributed by atoms with Gasteiger partial charge in [-0.15, -0.1) is 0 Å². The van der Waals surface area contributed by atoms with E-state index >= 15 is 0 Å². The number of benzene rings is 1. The summed E-state index contributed by atoms with van der Waals surface area (Å²) in [5.74, 6) is 1.44. The van der Waals surface area contributed by atoms with Gasteiger partial charge in [-0.3, -0.25) is 9.78 Å². The van der Waals surface area contributed by atoms with Gasteiger partial charge in [0.1, 0.15) is 0 Å². The first-order valence-corrected chi connectivity index (χ1v) is 6.35. The number of nitrogens with zero attached hydrogens (tertiary/aromatic N) is 1. The van der Waals surface area contributed by atoms with Crippen molar-refractivity contribution in [3.63, 3.8) is 0 Å². The second-order valence-corrected chi connectivity index (χ2v) is 4.50. The molecule has 0 radical (unpaired) electrons. The van der Waals surface area contributed by atoms with Crippen LogP contribution in [0.5, 0.6) is 11.5 Å². The normalized spacial score (nSPS) is 12.2. The number of carbonyl (C=O) groups excluding carboxylic acids is 1. The molecule has 0 unspecified atom stereocenters. The molecule has 0 atom stereocenters. The van der Waals surface area contributed by atoms with Crippen molar-refractivity contribution in [2.24, 2.45) is 0 Å². The van der Waals surface area contributed by atoms with Crippen LogP contribution in [-0.2, 0) is 17.8 Å². The quantitative estimate of drug-likeness (QED) is 0.918. The van der Waals surface area contributed by atoms with Crippen molar-refractivity contribution < 1.29 is 14.3 Å². The summed E-state index contributed by atoms with van der Waals surface area (Å²) >= 11 is 0. The average molecular weight is 270 g/mol. The largest absolute Gasteiger partial charge is 0.454 e. The van der Waals surface area contributed by atoms with Crippen LogP contribution in [0.4, 0.5) is 0 Å². The molecule has 20 heavy (non-hydrogen) atoms. The molecule has 5 heteroatoms. The highest BCUT2D eigenvalue weighted by molar-refractivity contribution is 5.78. The van der Waals surface area contributed by atoms with Crippen molar-refractivity contribution in [3.05, 3.63) is 53.9 Å². The summed E-state index contributed by atoms with van der Waals surface area (Å²) in [7, 11) is 0. The molecule has 102 valence electrons. The minimum atomic E-state index is -0.0318. The smallest absolute Gasteiger partial charge is 0.231 e. The van der Waals surface area contributed by atoms with Crippen molar-refractivity contribution in [2.45, 2.75) is 13.0 Å². The zero-order valence-corrected chi connectivity index (χ0v) is 10.8. The third kappa shape index (κ3) is 2.88. The van der Waals surface area contributed by atoms with E-state index in [4.69, 9.17) is 9.47 Å². The van der Waals surface area contributed by atoms with Gasteiger partial charge in [0.05, 0.1) is 6.42 Å². The third-order valence-corrected chi connectivity index (χ3v) is 3.01. The number of ether oxygens (including phenoxy) is 2. The van der Waals surface area contributed by atoms with Crippen LogP contribution in [0.3, 0.4) is 0 Å². The second-order valence-electron chi connectivity index (χ2n) is 4.50. The van der Waals surface area contributed by atoms with Gasteiger partial charge in [0.15, 0.2) is 11.5 Å². The Labute approximate surface area is 116 Å². The van der Waals surface area contributed by atoms with E-state index in [0.29, 0.717) is 13.0 Å². The first-order chi connectivity index (χ1) is 9.81. The van der Waals surface area contributed by atoms with Crippen molar-refractivity contribution in [2.75, 3.05) is 6.79 Å². The molecule has 1 aromatic heterocycles. The van der Waals surface area contributed by atoms with Crippen LogP contribution < -0.4 is 14.8 Å². The molecule has 3 rings (SSSR count). The number of hydrogen-bond donors (Lipinski definition) is 1. The number of amides is 1. The van der Waals surface area contributed by atoms with E-state index in [9.17, 15) is 4.79 Å². The number of rotatable bonds is 4. The lowest BCUT2D eigenvalue weighted by molar-refractivity contribution is -0.120. The van der Waals surface area contributed by atoms with Crippen LogP contribution in [0.15, 0.2) is 42.7 Å². The van der Waals surface area contributed by atoms with Crippen LogP contribution in [0.2, 0.25) is 0 Å². The number of hydrogen-bond acceptors (Lipinski definition) is 4. The first kappa shape index (κ1) is 12.5. The number of carbonyl (C=O) groups is 1. The van der Waals surface area contributed by atoms with Gasteiger partial charge >= 0.3 is 0 Å². The van der Waals surface area contributed by atoms with Crippen LogP contribution in [-0.4, -0.2) is 17.7 Å². The van der Waals surface area contributed by atoms with Crippen molar-refractivity contribution in [3.8, 4) is 11.5 Å². The van der Waals surface area contributed by atoms with Crippen LogP contribution >= 0.6 is 0 Å². The number of aromatic nitrogens is 1. The summed E-state index contributed by atoms with van der Waals surface area (Å²) in [5, 5.41) is 2.88. The van der Waals surface area contributed by atoms with Crippen molar-refractivity contribution in [1.82, 2.24) is 10.3 Å². The zero-order chi connectivity index (χ0) is 13.8. The molecule has 0 saturated carbocycles. The van der Waals surface area contributed by atoms with E-state index in [1.54, 1.807) is 12.4 Å². The van der Waals surface area contributed by atoms with E-state index in [1.807, 2.05) is 30.3 Å². The molecule has 0 fully saturated rings. The maximum atomic E-state index is 11.8. The summed E-state index contributed by atoms with van der Waals surface area (Å²) in [6.45, 7) is 0.724. The second kappa shape index (κ2) is 5.61. The van der Waals surface area contributed by atoms with Gasteiger partial charge in [-0.1, -0.05) is 12.1 Å². The molecule has 0 spiro atoms. The Bertz CT molecular complexity index is 614. The third-order valence-electron chi connectivity index (χ3n) is 3.01. The highest BCUT2D eigenvalue weighted by Gasteiger charge is 2.13. The molecule has 0 saturated heterocycles. The Morgan fingerprint density at radius 1 is 1.20 bits per heavy atom. The standard InChI is InChI=1S/C15H14N2O3/c18-15(7-11-2-1-5-16-8-11)17-9-12-3-4-13-14(6-12)20-10-19-13/h1-6,8H,7,9-10H2,(H,17,18). The molecule has 2 heterocycles. The Kier molecular flexibility index (Phi) is 3.50. The molecule has 2 aromatic rings. The maximum absolute atomic E-state index is 11.8. The summed E-state index contributed by atoms with van der Waals surface area (Å²) < 4.78 is 10.5. The zero-order valence-electron chi connectivity index (χ0n) is 10.8. The lowest BCUT2D eigenvalue weighted by atomic mass is 10.2. The Morgan fingerprint density at radius 2 is 2.10 bits per heavy atom. The van der Waals surface area contributed by atoms with Gasteiger partial charge in [0, 0.05) is 18.9 Å². The molecule has 0 aliphatic carbocycles. The van der Waals surface area contributed by atoms with E-state index in [-0.39, 0.29) is 12.7 Å². The van der Waals surface area contributed by atoms with Gasteiger partial charge in [0.25, 0.3) is 0 Å². The molecule has 1 amide bonds. The Balaban J connectivity index is 1.55. The van der Waals surface area contributed by atoms with E-state index < -0.39 is 0 Å². The SMILES string of the molecule is O=C(Cc1cccnc1)NCc1ccc2c(c1)OCO2. The van der Waals surface area contributed by atoms with E-state index in [2.05, 4.69) is 10.3 Å². The van der Waals surface area contributed by atoms with Crippen LogP contribution in [0, 0.1) is 0 Å². The fourth-order valence-electron chi connectivity index (χ4n) is 2.00. The van der Waals surface area contributed by atoms with E-state index in [0.717, 1.165) is 22.6 Å². The average Bonchev–Trinajstić information content (AvgIpc) is 2.93. The number of nitrogens with one attached hydrogen (secondary N) is 1. The Hall–Kier alpha value is -2.56. The van der Waals surface area contributed by atoms with Gasteiger partial charge in [-0.05, 0) is 29.3 Å². The molecular weight excluding hydrogens is 256 g/mol. The molecule has 5 nitrogen and oxygen atoms in total. The summed E-state index contributed by atoms with van der Waals surface area (Å²) in [4.78, 5) is 15.8. The molecule has 0 bridgehead atoms. The molecule has 1 aliphatic heterocycles. The molecule has 1 aromatic carbocycles. The highest BCUT2D eigenvalue weighted by atomic mass is 16.7. The molecule has 1 N–H and O–H groups in total. The Morgan fingerprint density at radius 3 is 2.95 bits per heavy atom. The highest BCUT2D eigenvalue weighted by Crippen LogP contribution is 2.32. The predicted molar refractivity (Wildman–Crippen MR) is 72.4 cm³/mol. The van der Waals surface area contributed by atoms with Gasteiger partial charge in [-0.2, -0.15) is 0 Å². The predicted octanol–water partition coefficient (Wildman–Crippen LogP) is 1.67. The van der Waals surface area contributed by atoms with Crippen LogP contribution in [0.25, 0.3) is 0 Å². The first-order valence-electron chi connectivity index (χ1n) is 6.35. The summed E-state index contributed by atoms with van der Waals surface area (Å²) in [6, 6.07) is 9.35. The maximum Gasteiger partial charge on any atom is 0.231 e. The number of pyridine rings is 1. The van der Waals surface area contributed by atoms with Crippen molar-refractivity contribution >= 4 is 5.91 Å². The molecule has 1 aliphatic rings. The minimum absolute atomic E-state index is 0.0318. The molecular formula is C15H14N2O3. The monoisotopic (exact) mass is 270 g/mol. The summed E-state index contributed by atoms with van der Waals surface area (Å²) in [5.41, 5.74) is 1.88. The van der Waals surface area contributed by atoms with Gasteiger partial charge < -0.3 is 14.8 Å². The van der Waals surface area contributed by atoms with Crippen LogP contribution in [0.1, 0.15) is 11.1 Å². The fourth-order valence-corrected chi connectivity index (χ4v) is 2.00. The number of fused-ring (bicyclic) bond motifs is 1. The van der Waals surface area contributed by atoms with Gasteiger partial charge in [-0.25, -0.2) is 0 Å². The summed E-state index contributed by atoms with van der Waals surface area (Å²) in [6.07, 6.45) is 3.71. The lowest BCUT2D eigenvalue weighted by Gasteiger charge is -2.06. The lowest BCUT2D eigenvalue weighted by Crippen LogP contribution is -2.24. The van der Waals surface area contributed by atoms with E-state index in [1.165, 1.54) is 0 Å².